The van der Waals surface area contributed by atoms with Crippen LogP contribution in [0.2, 0.25) is 0 Å². The summed E-state index contributed by atoms with van der Waals surface area (Å²) < 4.78 is 1.73. The molecule has 1 fully saturated rings. The first kappa shape index (κ1) is 18.2. The minimum atomic E-state index is -0.306. The highest BCUT2D eigenvalue weighted by Crippen LogP contribution is 2.34. The lowest BCUT2D eigenvalue weighted by molar-refractivity contribution is 0.0931. The Balaban J connectivity index is 1.60. The normalized spacial score (nSPS) is 15.0. The first-order chi connectivity index (χ1) is 13.6. The Kier molecular flexibility index (Phi) is 5.06. The molecule has 7 nitrogen and oxygen atoms in total. The fourth-order valence-corrected chi connectivity index (χ4v) is 3.42. The van der Waals surface area contributed by atoms with Crippen molar-refractivity contribution in [2.24, 2.45) is 7.05 Å². The number of aromatic amines is 1. The van der Waals surface area contributed by atoms with E-state index in [4.69, 9.17) is 0 Å². The van der Waals surface area contributed by atoms with Crippen LogP contribution in [0, 0.1) is 0 Å². The van der Waals surface area contributed by atoms with E-state index in [1.54, 1.807) is 17.1 Å². The van der Waals surface area contributed by atoms with Gasteiger partial charge < -0.3 is 14.9 Å². The van der Waals surface area contributed by atoms with Crippen molar-refractivity contribution in [3.8, 4) is 0 Å². The van der Waals surface area contributed by atoms with E-state index in [1.807, 2.05) is 37.4 Å². The van der Waals surface area contributed by atoms with Gasteiger partial charge in [-0.3, -0.25) is 9.59 Å². The first-order valence-electron chi connectivity index (χ1n) is 9.52. The summed E-state index contributed by atoms with van der Waals surface area (Å²) in [6.07, 6.45) is 7.00. The molecule has 144 valence electrons. The number of benzene rings is 1. The van der Waals surface area contributed by atoms with Gasteiger partial charge in [0, 0.05) is 31.6 Å². The molecule has 3 aromatic rings. The molecule has 0 spiro atoms. The molecule has 0 aliphatic heterocycles. The van der Waals surface area contributed by atoms with E-state index in [-0.39, 0.29) is 17.5 Å². The van der Waals surface area contributed by atoms with Gasteiger partial charge in [-0.2, -0.15) is 0 Å². The highest BCUT2D eigenvalue weighted by atomic mass is 16.2. The molecule has 2 N–H and O–H groups in total. The highest BCUT2D eigenvalue weighted by Gasteiger charge is 2.23. The molecule has 2 heterocycles. The van der Waals surface area contributed by atoms with Gasteiger partial charge in [-0.25, -0.2) is 9.97 Å². The van der Waals surface area contributed by atoms with Crippen LogP contribution in [0.5, 0.6) is 0 Å². The molecule has 1 aliphatic rings. The number of hydrogen-bond donors (Lipinski definition) is 2. The second-order valence-electron chi connectivity index (χ2n) is 7.32. The van der Waals surface area contributed by atoms with E-state index in [0.717, 1.165) is 24.2 Å². The third kappa shape index (κ3) is 4.03. The number of aromatic nitrogens is 4. The zero-order chi connectivity index (χ0) is 19.5. The fraction of sp³-hybridized carbons (Fsp3) is 0.333. The van der Waals surface area contributed by atoms with Gasteiger partial charge >= 0.3 is 0 Å². The minimum Gasteiger partial charge on any atom is -0.343 e. The molecule has 28 heavy (non-hydrogen) atoms. The quantitative estimate of drug-likeness (QED) is 0.690. The number of H-pyrrole nitrogens is 1. The van der Waals surface area contributed by atoms with Crippen LogP contribution >= 0.6 is 0 Å². The van der Waals surface area contributed by atoms with Crippen molar-refractivity contribution in [1.29, 1.82) is 0 Å². The molecule has 1 atom stereocenters. The van der Waals surface area contributed by atoms with E-state index in [9.17, 15) is 9.59 Å². The number of nitrogens with zero attached hydrogens (tertiary/aromatic N) is 3. The molecule has 1 saturated carbocycles. The molecule has 0 saturated heterocycles. The molecule has 1 aliphatic carbocycles. The Morgan fingerprint density at radius 3 is 2.75 bits per heavy atom. The third-order valence-corrected chi connectivity index (χ3v) is 5.16. The van der Waals surface area contributed by atoms with Gasteiger partial charge in [-0.1, -0.05) is 36.8 Å². The lowest BCUT2D eigenvalue weighted by Crippen LogP contribution is -2.31. The molecular weight excluding hydrogens is 354 g/mol. The van der Waals surface area contributed by atoms with Crippen molar-refractivity contribution >= 4 is 5.91 Å². The molecule has 7 heteroatoms. The van der Waals surface area contributed by atoms with Gasteiger partial charge in [0.25, 0.3) is 11.5 Å². The molecule has 2 aromatic heterocycles. The Hall–Kier alpha value is -3.22. The van der Waals surface area contributed by atoms with E-state index < -0.39 is 0 Å². The average molecular weight is 377 g/mol. The summed E-state index contributed by atoms with van der Waals surface area (Å²) in [5.74, 6) is 0.848. The van der Waals surface area contributed by atoms with Gasteiger partial charge in [-0.05, 0) is 18.4 Å². The molecular formula is C21H23N5O2. The number of carbonyl (C=O) groups is 1. The van der Waals surface area contributed by atoms with E-state index >= 15 is 0 Å². The molecule has 0 radical (unpaired) electrons. The topological polar surface area (TPSA) is 92.7 Å². The summed E-state index contributed by atoms with van der Waals surface area (Å²) >= 11 is 0. The SMILES string of the molecule is Cn1cnc(C(=O)N[C@H](Cc2cc(=O)[nH]c(C3CCC3)n2)c2ccccc2)c1. The van der Waals surface area contributed by atoms with Crippen LogP contribution < -0.4 is 10.9 Å². The predicted octanol–water partition coefficient (Wildman–Crippen LogP) is 2.48. The number of imidazole rings is 1. The fourth-order valence-electron chi connectivity index (χ4n) is 3.42. The Bertz CT molecular complexity index is 1020. The van der Waals surface area contributed by atoms with Crippen LogP contribution in [0.4, 0.5) is 0 Å². The smallest absolute Gasteiger partial charge is 0.271 e. The van der Waals surface area contributed by atoms with Crippen LogP contribution in [0.3, 0.4) is 0 Å². The third-order valence-electron chi connectivity index (χ3n) is 5.16. The largest absolute Gasteiger partial charge is 0.343 e. The van der Waals surface area contributed by atoms with Crippen molar-refractivity contribution in [1.82, 2.24) is 24.8 Å². The predicted molar refractivity (Wildman–Crippen MR) is 105 cm³/mol. The van der Waals surface area contributed by atoms with Crippen LogP contribution in [-0.4, -0.2) is 25.4 Å². The van der Waals surface area contributed by atoms with Gasteiger partial charge in [0.15, 0.2) is 0 Å². The van der Waals surface area contributed by atoms with E-state index in [1.165, 1.54) is 12.5 Å². The summed E-state index contributed by atoms with van der Waals surface area (Å²) in [5, 5.41) is 3.04. The van der Waals surface area contributed by atoms with Gasteiger partial charge in [0.05, 0.1) is 18.1 Å². The Labute approximate surface area is 162 Å². The van der Waals surface area contributed by atoms with Crippen LogP contribution in [0.15, 0.2) is 53.7 Å². The maximum absolute atomic E-state index is 12.7. The summed E-state index contributed by atoms with van der Waals surface area (Å²) in [4.78, 5) is 36.4. The second-order valence-corrected chi connectivity index (χ2v) is 7.32. The van der Waals surface area contributed by atoms with Crippen molar-refractivity contribution in [3.05, 3.63) is 82.1 Å². The number of hydrogen-bond acceptors (Lipinski definition) is 4. The highest BCUT2D eigenvalue weighted by molar-refractivity contribution is 5.92. The van der Waals surface area contributed by atoms with E-state index in [0.29, 0.717) is 23.7 Å². The lowest BCUT2D eigenvalue weighted by atomic mass is 9.85. The van der Waals surface area contributed by atoms with Crippen molar-refractivity contribution < 1.29 is 4.79 Å². The Morgan fingerprint density at radius 1 is 1.32 bits per heavy atom. The van der Waals surface area contributed by atoms with Gasteiger partial charge in [-0.15, -0.1) is 0 Å². The average Bonchev–Trinajstić information content (AvgIpc) is 3.06. The first-order valence-corrected chi connectivity index (χ1v) is 9.52. The summed E-state index contributed by atoms with van der Waals surface area (Å²) in [5.41, 5.74) is 1.85. The van der Waals surface area contributed by atoms with Crippen LogP contribution in [-0.2, 0) is 13.5 Å². The Morgan fingerprint density at radius 2 is 2.11 bits per heavy atom. The van der Waals surface area contributed by atoms with Crippen molar-refractivity contribution in [2.45, 2.75) is 37.6 Å². The maximum Gasteiger partial charge on any atom is 0.271 e. The van der Waals surface area contributed by atoms with Crippen molar-refractivity contribution in [3.63, 3.8) is 0 Å². The maximum atomic E-state index is 12.7. The number of carbonyl (C=O) groups excluding carboxylic acids is 1. The van der Waals surface area contributed by atoms with Gasteiger partial charge in [0.2, 0.25) is 0 Å². The number of rotatable bonds is 6. The lowest BCUT2D eigenvalue weighted by Gasteiger charge is -2.25. The van der Waals surface area contributed by atoms with Gasteiger partial charge in [0.1, 0.15) is 11.5 Å². The second kappa shape index (κ2) is 7.80. The molecule has 0 bridgehead atoms. The molecule has 1 aromatic carbocycles. The zero-order valence-electron chi connectivity index (χ0n) is 15.8. The van der Waals surface area contributed by atoms with Crippen LogP contribution in [0.1, 0.15) is 58.8 Å². The molecule has 4 rings (SSSR count). The molecule has 0 unspecified atom stereocenters. The van der Waals surface area contributed by atoms with Crippen molar-refractivity contribution in [2.75, 3.05) is 0 Å². The summed E-state index contributed by atoms with van der Waals surface area (Å²) in [6, 6.07) is 10.9. The van der Waals surface area contributed by atoms with Crippen LogP contribution in [0.25, 0.3) is 0 Å². The zero-order valence-corrected chi connectivity index (χ0v) is 15.8. The number of nitrogens with one attached hydrogen (secondary N) is 2. The minimum absolute atomic E-state index is 0.144. The summed E-state index contributed by atoms with van der Waals surface area (Å²) in [6.45, 7) is 0. The standard InChI is InChI=1S/C21H23N5O2/c1-26-12-18(22-13-26)21(28)24-17(14-6-3-2-4-7-14)10-16-11-19(27)25-20(23-16)15-8-5-9-15/h2-4,6-7,11-13,15,17H,5,8-10H2,1H3,(H,24,28)(H,23,25,27)/t17-/m1/s1. The molecule has 1 amide bonds. The number of aryl methyl sites for hydroxylation is 1. The number of amides is 1. The monoisotopic (exact) mass is 377 g/mol. The van der Waals surface area contributed by atoms with E-state index in [2.05, 4.69) is 20.3 Å². The summed E-state index contributed by atoms with van der Waals surface area (Å²) in [7, 11) is 1.82.